The van der Waals surface area contributed by atoms with Gasteiger partial charge in [0.25, 0.3) is 0 Å². The van der Waals surface area contributed by atoms with Gasteiger partial charge in [0.05, 0.1) is 12.7 Å². The molecular formula is C18H16N4O2. The zero-order valence-corrected chi connectivity index (χ0v) is 12.9. The van der Waals surface area contributed by atoms with Crippen LogP contribution in [0.5, 0.6) is 0 Å². The number of aromatic nitrogens is 3. The van der Waals surface area contributed by atoms with Crippen molar-refractivity contribution in [2.24, 2.45) is 0 Å². The maximum atomic E-state index is 12.2. The van der Waals surface area contributed by atoms with Crippen molar-refractivity contribution in [2.75, 3.05) is 11.5 Å². The molecule has 0 aliphatic carbocycles. The number of rotatable bonds is 4. The maximum Gasteiger partial charge on any atom is 0.416 e. The average Bonchev–Trinajstić information content (AvgIpc) is 3.23. The molecule has 1 saturated heterocycles. The second-order valence-corrected chi connectivity index (χ2v) is 5.63. The monoisotopic (exact) mass is 320 g/mol. The number of anilines is 1. The minimum absolute atomic E-state index is 0.180. The Hall–Kier alpha value is -3.15. The van der Waals surface area contributed by atoms with Crippen molar-refractivity contribution in [1.82, 2.24) is 15.0 Å². The third kappa shape index (κ3) is 2.74. The molecule has 6 heteroatoms. The van der Waals surface area contributed by atoms with Crippen molar-refractivity contribution >= 4 is 11.9 Å². The Bertz CT molecular complexity index is 832. The van der Waals surface area contributed by atoms with Gasteiger partial charge in [0.2, 0.25) is 0 Å². The Morgan fingerprint density at radius 1 is 1.04 bits per heavy atom. The van der Waals surface area contributed by atoms with Crippen molar-refractivity contribution in [2.45, 2.75) is 12.6 Å². The summed E-state index contributed by atoms with van der Waals surface area (Å²) in [5.74, 6) is 0.502. The molecule has 120 valence electrons. The second-order valence-electron chi connectivity index (χ2n) is 5.63. The molecule has 0 saturated carbocycles. The van der Waals surface area contributed by atoms with Gasteiger partial charge in [-0.05, 0) is 11.1 Å². The van der Waals surface area contributed by atoms with E-state index in [2.05, 4.69) is 10.3 Å². The number of nitrogens with zero attached hydrogens (tertiary/aromatic N) is 4. The third-order valence-electron chi connectivity index (χ3n) is 4.02. The Labute approximate surface area is 139 Å². The highest BCUT2D eigenvalue weighted by Crippen LogP contribution is 2.31. The summed E-state index contributed by atoms with van der Waals surface area (Å²) in [7, 11) is 0. The van der Waals surface area contributed by atoms with E-state index in [1.165, 1.54) is 0 Å². The highest BCUT2D eigenvalue weighted by molar-refractivity contribution is 5.89. The zero-order chi connectivity index (χ0) is 16.4. The van der Waals surface area contributed by atoms with E-state index in [1.54, 1.807) is 15.8 Å². The number of cyclic esters (lactones) is 1. The van der Waals surface area contributed by atoms with E-state index >= 15 is 0 Å². The van der Waals surface area contributed by atoms with Crippen LogP contribution in [0.15, 0.2) is 66.9 Å². The highest BCUT2D eigenvalue weighted by Gasteiger charge is 2.37. The number of hydrogen-bond donors (Lipinski definition) is 0. The molecule has 1 aliphatic rings. The fourth-order valence-electron chi connectivity index (χ4n) is 2.84. The van der Waals surface area contributed by atoms with Gasteiger partial charge in [-0.15, -0.1) is 5.10 Å². The van der Waals surface area contributed by atoms with Crippen LogP contribution in [0.1, 0.15) is 17.2 Å². The van der Waals surface area contributed by atoms with Gasteiger partial charge in [-0.2, -0.15) is 0 Å². The van der Waals surface area contributed by atoms with Crippen LogP contribution < -0.4 is 4.90 Å². The highest BCUT2D eigenvalue weighted by atomic mass is 16.6. The van der Waals surface area contributed by atoms with Crippen LogP contribution in [0.2, 0.25) is 0 Å². The van der Waals surface area contributed by atoms with Crippen LogP contribution in [-0.2, 0) is 11.3 Å². The van der Waals surface area contributed by atoms with E-state index in [9.17, 15) is 4.79 Å². The fourth-order valence-corrected chi connectivity index (χ4v) is 2.84. The van der Waals surface area contributed by atoms with Crippen molar-refractivity contribution < 1.29 is 9.53 Å². The number of carbonyl (C=O) groups is 1. The Balaban J connectivity index is 1.59. The summed E-state index contributed by atoms with van der Waals surface area (Å²) in [6, 6.07) is 19.6. The standard InChI is InChI=1S/C18H16N4O2/c23-18-22(16(13-24-18)15-9-5-2-6-10-15)17-12-21(20-19-17)11-14-7-3-1-4-8-14/h1-10,12,16H,11,13H2/t16-/m0/s1. The molecule has 0 radical (unpaired) electrons. The molecular weight excluding hydrogens is 304 g/mol. The molecule has 0 spiro atoms. The summed E-state index contributed by atoms with van der Waals surface area (Å²) < 4.78 is 6.94. The molecule has 1 aliphatic heterocycles. The number of benzene rings is 2. The van der Waals surface area contributed by atoms with E-state index in [0.717, 1.165) is 11.1 Å². The summed E-state index contributed by atoms with van der Waals surface area (Å²) >= 11 is 0. The molecule has 1 fully saturated rings. The lowest BCUT2D eigenvalue weighted by Gasteiger charge is -2.18. The van der Waals surface area contributed by atoms with E-state index in [-0.39, 0.29) is 6.04 Å². The van der Waals surface area contributed by atoms with Crippen LogP contribution in [-0.4, -0.2) is 27.7 Å². The lowest BCUT2D eigenvalue weighted by molar-refractivity contribution is 0.179. The minimum Gasteiger partial charge on any atom is -0.447 e. The number of hydrogen-bond acceptors (Lipinski definition) is 4. The summed E-state index contributed by atoms with van der Waals surface area (Å²) in [5, 5.41) is 8.29. The second kappa shape index (κ2) is 6.16. The van der Waals surface area contributed by atoms with Crippen molar-refractivity contribution in [3.8, 4) is 0 Å². The van der Waals surface area contributed by atoms with Gasteiger partial charge in [-0.3, -0.25) is 0 Å². The van der Waals surface area contributed by atoms with Crippen molar-refractivity contribution in [3.63, 3.8) is 0 Å². The molecule has 2 heterocycles. The van der Waals surface area contributed by atoms with E-state index < -0.39 is 6.09 Å². The van der Waals surface area contributed by atoms with Crippen LogP contribution >= 0.6 is 0 Å². The summed E-state index contributed by atoms with van der Waals surface area (Å²) in [5.41, 5.74) is 2.14. The minimum atomic E-state index is -0.393. The molecule has 24 heavy (non-hydrogen) atoms. The average molecular weight is 320 g/mol. The first kappa shape index (κ1) is 14.4. The summed E-state index contributed by atoms with van der Waals surface area (Å²) in [6.45, 7) is 0.918. The van der Waals surface area contributed by atoms with Crippen LogP contribution in [0.4, 0.5) is 10.6 Å². The van der Waals surface area contributed by atoms with E-state index in [4.69, 9.17) is 4.74 Å². The smallest absolute Gasteiger partial charge is 0.416 e. The maximum absolute atomic E-state index is 12.2. The van der Waals surface area contributed by atoms with Gasteiger partial charge < -0.3 is 4.74 Å². The first-order chi connectivity index (χ1) is 11.8. The Morgan fingerprint density at radius 2 is 1.75 bits per heavy atom. The molecule has 4 rings (SSSR count). The quantitative estimate of drug-likeness (QED) is 0.741. The molecule has 3 aromatic rings. The number of amides is 1. The van der Waals surface area contributed by atoms with Gasteiger partial charge in [0.1, 0.15) is 12.6 Å². The first-order valence-electron chi connectivity index (χ1n) is 7.76. The molecule has 1 aromatic heterocycles. The first-order valence-corrected chi connectivity index (χ1v) is 7.76. The van der Waals surface area contributed by atoms with Gasteiger partial charge in [0, 0.05) is 0 Å². The molecule has 0 N–H and O–H groups in total. The fraction of sp³-hybridized carbons (Fsp3) is 0.167. The normalized spacial score (nSPS) is 17.1. The lowest BCUT2D eigenvalue weighted by Crippen LogP contribution is -2.27. The summed E-state index contributed by atoms with van der Waals surface area (Å²) in [6.07, 6.45) is 1.38. The van der Waals surface area contributed by atoms with Crippen LogP contribution in [0, 0.1) is 0 Å². The van der Waals surface area contributed by atoms with Gasteiger partial charge in [-0.25, -0.2) is 14.4 Å². The topological polar surface area (TPSA) is 60.2 Å². The molecule has 0 bridgehead atoms. The SMILES string of the molecule is O=C1OC[C@@H](c2ccccc2)N1c1cn(Cc2ccccc2)nn1. The van der Waals surface area contributed by atoms with Gasteiger partial charge in [-0.1, -0.05) is 65.9 Å². The van der Waals surface area contributed by atoms with Crippen molar-refractivity contribution in [1.29, 1.82) is 0 Å². The van der Waals surface area contributed by atoms with Crippen LogP contribution in [0.3, 0.4) is 0 Å². The largest absolute Gasteiger partial charge is 0.447 e. The lowest BCUT2D eigenvalue weighted by atomic mass is 10.1. The molecule has 6 nitrogen and oxygen atoms in total. The van der Waals surface area contributed by atoms with E-state index in [0.29, 0.717) is 19.0 Å². The number of carbonyl (C=O) groups excluding carboxylic acids is 1. The Morgan fingerprint density at radius 3 is 2.50 bits per heavy atom. The predicted octanol–water partition coefficient (Wildman–Crippen LogP) is 3.02. The van der Waals surface area contributed by atoms with E-state index in [1.807, 2.05) is 60.7 Å². The van der Waals surface area contributed by atoms with Gasteiger partial charge in [0.15, 0.2) is 5.82 Å². The van der Waals surface area contributed by atoms with Crippen LogP contribution in [0.25, 0.3) is 0 Å². The van der Waals surface area contributed by atoms with Gasteiger partial charge >= 0.3 is 6.09 Å². The number of ether oxygens (including phenoxy) is 1. The summed E-state index contributed by atoms with van der Waals surface area (Å²) in [4.78, 5) is 13.7. The zero-order valence-electron chi connectivity index (χ0n) is 12.9. The molecule has 0 unspecified atom stereocenters. The van der Waals surface area contributed by atoms with Crippen molar-refractivity contribution in [3.05, 3.63) is 78.0 Å². The molecule has 2 aromatic carbocycles. The molecule has 1 amide bonds. The predicted molar refractivity (Wildman–Crippen MR) is 88.6 cm³/mol. The third-order valence-corrected chi connectivity index (χ3v) is 4.02. The Kier molecular flexibility index (Phi) is 3.70. The molecule has 1 atom stereocenters.